The van der Waals surface area contributed by atoms with Crippen molar-refractivity contribution in [3.63, 3.8) is 0 Å². The zero-order chi connectivity index (χ0) is 15.9. The summed E-state index contributed by atoms with van der Waals surface area (Å²) in [5.74, 6) is 0.577. The zero-order valence-electron chi connectivity index (χ0n) is 13.5. The van der Waals surface area contributed by atoms with Crippen LogP contribution in [0.5, 0.6) is 5.75 Å². The standard InChI is InChI=1S/C17H19N3O3.2ClH/c21-17(16-12-22-9-8-19-16)20-13-5-3-6-15(10-13)23-11-14-4-1-2-7-18-14;;/h1-7,10,16,19H,8-9,11-12H2,(H,20,21);2*1H. The first-order chi connectivity index (χ1) is 11.3. The molecule has 1 aromatic carbocycles. The summed E-state index contributed by atoms with van der Waals surface area (Å²) in [6.07, 6.45) is 1.73. The normalized spacial score (nSPS) is 16.1. The second-order valence-corrected chi connectivity index (χ2v) is 5.21. The molecular formula is C17H21Cl2N3O3. The molecule has 3 rings (SSSR count). The fourth-order valence-electron chi connectivity index (χ4n) is 2.27. The highest BCUT2D eigenvalue weighted by atomic mass is 35.5. The topological polar surface area (TPSA) is 72.5 Å². The summed E-state index contributed by atoms with van der Waals surface area (Å²) >= 11 is 0. The van der Waals surface area contributed by atoms with E-state index < -0.39 is 0 Å². The molecule has 0 aliphatic carbocycles. The van der Waals surface area contributed by atoms with Crippen LogP contribution in [0, 0.1) is 0 Å². The number of rotatable bonds is 5. The predicted molar refractivity (Wildman–Crippen MR) is 101 cm³/mol. The molecule has 1 atom stereocenters. The molecule has 25 heavy (non-hydrogen) atoms. The van der Waals surface area contributed by atoms with Crippen molar-refractivity contribution in [2.75, 3.05) is 25.1 Å². The fraction of sp³-hybridized carbons (Fsp3) is 0.294. The van der Waals surface area contributed by atoms with E-state index in [0.29, 0.717) is 37.8 Å². The molecule has 2 aromatic rings. The van der Waals surface area contributed by atoms with Crippen molar-refractivity contribution in [2.24, 2.45) is 0 Å². The molecule has 1 saturated heterocycles. The van der Waals surface area contributed by atoms with E-state index in [1.165, 1.54) is 0 Å². The van der Waals surface area contributed by atoms with Crippen molar-refractivity contribution in [1.29, 1.82) is 0 Å². The van der Waals surface area contributed by atoms with Gasteiger partial charge in [-0.2, -0.15) is 0 Å². The third kappa shape index (κ3) is 6.51. The molecule has 1 aromatic heterocycles. The molecule has 8 heteroatoms. The quantitative estimate of drug-likeness (QED) is 0.826. The lowest BCUT2D eigenvalue weighted by Gasteiger charge is -2.23. The lowest BCUT2D eigenvalue weighted by molar-refractivity contribution is -0.120. The molecule has 1 amide bonds. The molecule has 1 aliphatic rings. The van der Waals surface area contributed by atoms with Gasteiger partial charge in [0.15, 0.2) is 0 Å². The van der Waals surface area contributed by atoms with Crippen molar-refractivity contribution in [2.45, 2.75) is 12.6 Å². The SMILES string of the molecule is Cl.Cl.O=C(Nc1cccc(OCc2ccccn2)c1)C1COCCN1. The van der Waals surface area contributed by atoms with Crippen LogP contribution >= 0.6 is 24.8 Å². The van der Waals surface area contributed by atoms with Crippen LogP contribution in [0.3, 0.4) is 0 Å². The van der Waals surface area contributed by atoms with Crippen LogP contribution in [0.15, 0.2) is 48.7 Å². The van der Waals surface area contributed by atoms with E-state index in [-0.39, 0.29) is 36.8 Å². The van der Waals surface area contributed by atoms with Crippen LogP contribution in [0.2, 0.25) is 0 Å². The molecular weight excluding hydrogens is 365 g/mol. The highest BCUT2D eigenvalue weighted by Crippen LogP contribution is 2.18. The Hall–Kier alpha value is -1.86. The number of hydrogen-bond donors (Lipinski definition) is 2. The molecule has 1 aliphatic heterocycles. The maximum absolute atomic E-state index is 12.2. The molecule has 1 fully saturated rings. The van der Waals surface area contributed by atoms with E-state index in [1.807, 2.05) is 36.4 Å². The lowest BCUT2D eigenvalue weighted by atomic mass is 10.2. The first-order valence-corrected chi connectivity index (χ1v) is 7.56. The molecule has 1 unspecified atom stereocenters. The lowest BCUT2D eigenvalue weighted by Crippen LogP contribution is -2.48. The van der Waals surface area contributed by atoms with Crippen molar-refractivity contribution in [3.8, 4) is 5.75 Å². The molecule has 136 valence electrons. The van der Waals surface area contributed by atoms with Crippen LogP contribution in [0.1, 0.15) is 5.69 Å². The van der Waals surface area contributed by atoms with Gasteiger partial charge in [0.25, 0.3) is 0 Å². The summed E-state index contributed by atoms with van der Waals surface area (Å²) in [7, 11) is 0. The number of pyridine rings is 1. The Morgan fingerprint density at radius 1 is 1.28 bits per heavy atom. The first-order valence-electron chi connectivity index (χ1n) is 7.56. The number of nitrogens with one attached hydrogen (secondary N) is 2. The van der Waals surface area contributed by atoms with E-state index >= 15 is 0 Å². The molecule has 2 N–H and O–H groups in total. The van der Waals surface area contributed by atoms with Crippen LogP contribution in [0.4, 0.5) is 5.69 Å². The van der Waals surface area contributed by atoms with Crippen molar-refractivity contribution in [1.82, 2.24) is 10.3 Å². The fourth-order valence-corrected chi connectivity index (χ4v) is 2.27. The summed E-state index contributed by atoms with van der Waals surface area (Å²) in [5.41, 5.74) is 1.55. The van der Waals surface area contributed by atoms with Gasteiger partial charge < -0.3 is 20.1 Å². The van der Waals surface area contributed by atoms with Crippen molar-refractivity contribution < 1.29 is 14.3 Å². The van der Waals surface area contributed by atoms with E-state index in [4.69, 9.17) is 9.47 Å². The number of benzene rings is 1. The maximum atomic E-state index is 12.2. The number of hydrogen-bond acceptors (Lipinski definition) is 5. The first kappa shape index (κ1) is 21.2. The third-order valence-electron chi connectivity index (χ3n) is 3.45. The summed E-state index contributed by atoms with van der Waals surface area (Å²) in [6.45, 7) is 2.10. The van der Waals surface area contributed by atoms with Crippen LogP contribution < -0.4 is 15.4 Å². The summed E-state index contributed by atoms with van der Waals surface area (Å²) in [4.78, 5) is 16.4. The number of halogens is 2. The Labute approximate surface area is 159 Å². The second kappa shape index (κ2) is 10.9. The van der Waals surface area contributed by atoms with Gasteiger partial charge in [0, 0.05) is 24.5 Å². The molecule has 6 nitrogen and oxygen atoms in total. The number of amides is 1. The highest BCUT2D eigenvalue weighted by Gasteiger charge is 2.21. The second-order valence-electron chi connectivity index (χ2n) is 5.21. The average molecular weight is 386 g/mol. The number of carbonyl (C=O) groups is 1. The molecule has 2 heterocycles. The van der Waals surface area contributed by atoms with E-state index in [2.05, 4.69) is 15.6 Å². The van der Waals surface area contributed by atoms with E-state index in [0.717, 1.165) is 5.69 Å². The van der Waals surface area contributed by atoms with Gasteiger partial charge in [0.1, 0.15) is 18.4 Å². The number of morpholine rings is 1. The Balaban J connectivity index is 0.00000156. The Morgan fingerprint density at radius 2 is 2.16 bits per heavy atom. The summed E-state index contributed by atoms with van der Waals surface area (Å²) < 4.78 is 11.0. The van der Waals surface area contributed by atoms with Crippen LogP contribution in [-0.4, -0.2) is 36.7 Å². The minimum Gasteiger partial charge on any atom is -0.487 e. The summed E-state index contributed by atoms with van der Waals surface area (Å²) in [6, 6.07) is 12.7. The van der Waals surface area contributed by atoms with Crippen LogP contribution in [0.25, 0.3) is 0 Å². The predicted octanol–water partition coefficient (Wildman–Crippen LogP) is 2.43. The minimum absolute atomic E-state index is 0. The van der Waals surface area contributed by atoms with Gasteiger partial charge in [-0.1, -0.05) is 12.1 Å². The van der Waals surface area contributed by atoms with E-state index in [1.54, 1.807) is 12.3 Å². The molecule has 0 radical (unpaired) electrons. The van der Waals surface area contributed by atoms with Gasteiger partial charge in [-0.05, 0) is 24.3 Å². The number of anilines is 1. The molecule has 0 saturated carbocycles. The van der Waals surface area contributed by atoms with E-state index in [9.17, 15) is 4.79 Å². The van der Waals surface area contributed by atoms with Crippen LogP contribution in [-0.2, 0) is 16.1 Å². The Kier molecular flexibility index (Phi) is 9.23. The van der Waals surface area contributed by atoms with Crippen molar-refractivity contribution >= 4 is 36.4 Å². The Morgan fingerprint density at radius 3 is 2.88 bits per heavy atom. The van der Waals surface area contributed by atoms with Gasteiger partial charge >= 0.3 is 0 Å². The summed E-state index contributed by atoms with van der Waals surface area (Å²) in [5, 5.41) is 6.00. The van der Waals surface area contributed by atoms with Crippen molar-refractivity contribution in [3.05, 3.63) is 54.4 Å². The molecule has 0 bridgehead atoms. The average Bonchev–Trinajstić information content (AvgIpc) is 2.62. The number of aromatic nitrogens is 1. The molecule has 0 spiro atoms. The number of ether oxygens (including phenoxy) is 2. The smallest absolute Gasteiger partial charge is 0.243 e. The van der Waals surface area contributed by atoms with Gasteiger partial charge in [0.2, 0.25) is 5.91 Å². The highest BCUT2D eigenvalue weighted by molar-refractivity contribution is 5.95. The number of nitrogens with zero attached hydrogens (tertiary/aromatic N) is 1. The third-order valence-corrected chi connectivity index (χ3v) is 3.45. The Bertz CT molecular complexity index is 653. The van der Waals surface area contributed by atoms with Gasteiger partial charge in [-0.3, -0.25) is 9.78 Å². The number of carbonyl (C=O) groups excluding carboxylic acids is 1. The van der Waals surface area contributed by atoms with Gasteiger partial charge in [-0.15, -0.1) is 24.8 Å². The zero-order valence-corrected chi connectivity index (χ0v) is 15.1. The minimum atomic E-state index is -0.318. The maximum Gasteiger partial charge on any atom is 0.243 e. The van der Waals surface area contributed by atoms with Gasteiger partial charge in [-0.25, -0.2) is 0 Å². The van der Waals surface area contributed by atoms with Gasteiger partial charge in [0.05, 0.1) is 18.9 Å². The monoisotopic (exact) mass is 385 g/mol. The largest absolute Gasteiger partial charge is 0.487 e.